The molecule has 0 saturated carbocycles. The Balaban J connectivity index is 2.11. The Morgan fingerprint density at radius 1 is 1.16 bits per heavy atom. The fourth-order valence-electron chi connectivity index (χ4n) is 3.01. The number of hydrogen-bond donors (Lipinski definition) is 1. The van der Waals surface area contributed by atoms with E-state index in [4.69, 9.17) is 21.7 Å². The van der Waals surface area contributed by atoms with Gasteiger partial charge in [0.2, 0.25) is 0 Å². The molecule has 0 fully saturated rings. The van der Waals surface area contributed by atoms with Crippen LogP contribution in [-0.2, 0) is 9.53 Å². The monoisotopic (exact) mass is 356 g/mol. The van der Waals surface area contributed by atoms with Crippen LogP contribution in [0.2, 0.25) is 0 Å². The third-order valence-corrected chi connectivity index (χ3v) is 4.96. The number of benzene rings is 2. The summed E-state index contributed by atoms with van der Waals surface area (Å²) >= 11 is 5.40. The molecule has 0 spiro atoms. The molecule has 0 radical (unpaired) electrons. The van der Waals surface area contributed by atoms with Gasteiger partial charge < -0.3 is 19.7 Å². The summed E-state index contributed by atoms with van der Waals surface area (Å²) in [5.41, 5.74) is 2.30. The van der Waals surface area contributed by atoms with E-state index < -0.39 is 0 Å². The molecule has 5 nitrogen and oxygen atoms in total. The number of hydrogen-bond acceptors (Lipinski definition) is 4. The maximum atomic E-state index is 12.4. The molecule has 2 aromatic carbocycles. The van der Waals surface area contributed by atoms with E-state index in [9.17, 15) is 4.79 Å². The summed E-state index contributed by atoms with van der Waals surface area (Å²) in [5, 5.41) is 5.94. The summed E-state index contributed by atoms with van der Waals surface area (Å²) in [5.74, 6) is 0.448. The standard InChI is InChI=1S/C19H20N2O3S/c1-11-16(18(22)24-4)17(20-19(25)21(11)2)14-6-5-13-10-15(23-3)8-7-12(13)9-14/h5-10,17H,1-4H3,(H,20,25)/t17-/m0/s1. The number of carbonyl (C=O) groups is 1. The molecule has 3 rings (SSSR count). The molecule has 0 aliphatic carbocycles. The second-order valence-corrected chi connectivity index (χ2v) is 6.29. The van der Waals surface area contributed by atoms with Gasteiger partial charge in [0.05, 0.1) is 25.8 Å². The molecule has 1 heterocycles. The summed E-state index contributed by atoms with van der Waals surface area (Å²) in [4.78, 5) is 14.1. The Morgan fingerprint density at radius 2 is 1.84 bits per heavy atom. The van der Waals surface area contributed by atoms with Crippen molar-refractivity contribution in [2.75, 3.05) is 21.3 Å². The van der Waals surface area contributed by atoms with E-state index in [0.29, 0.717) is 10.7 Å². The Hall–Kier alpha value is -2.60. The molecule has 2 aromatic rings. The highest BCUT2D eigenvalue weighted by molar-refractivity contribution is 7.80. The van der Waals surface area contributed by atoms with E-state index in [1.807, 2.05) is 44.3 Å². The normalized spacial score (nSPS) is 17.5. The molecule has 1 aliphatic rings. The Labute approximate surface area is 152 Å². The largest absolute Gasteiger partial charge is 0.497 e. The first-order valence-electron chi connectivity index (χ1n) is 7.87. The summed E-state index contributed by atoms with van der Waals surface area (Å²) < 4.78 is 10.3. The summed E-state index contributed by atoms with van der Waals surface area (Å²) in [6.07, 6.45) is 0. The zero-order valence-electron chi connectivity index (χ0n) is 14.6. The number of nitrogens with zero attached hydrogens (tertiary/aromatic N) is 1. The van der Waals surface area contributed by atoms with Crippen LogP contribution in [0.15, 0.2) is 47.7 Å². The molecule has 1 N–H and O–H groups in total. The van der Waals surface area contributed by atoms with Crippen molar-refractivity contribution in [3.05, 3.63) is 53.2 Å². The number of rotatable bonds is 3. The maximum absolute atomic E-state index is 12.4. The maximum Gasteiger partial charge on any atom is 0.337 e. The van der Waals surface area contributed by atoms with Crippen molar-refractivity contribution in [2.24, 2.45) is 0 Å². The SMILES string of the molecule is COC(=O)C1=C(C)N(C)C(=S)N[C@H]1c1ccc2cc(OC)ccc2c1. The van der Waals surface area contributed by atoms with Gasteiger partial charge in [-0.15, -0.1) is 0 Å². The average molecular weight is 356 g/mol. The predicted octanol–water partition coefficient (Wildman–Crippen LogP) is 3.16. The summed E-state index contributed by atoms with van der Waals surface area (Å²) in [6, 6.07) is 11.6. The molecule has 6 heteroatoms. The lowest BCUT2D eigenvalue weighted by molar-refractivity contribution is -0.136. The zero-order valence-corrected chi connectivity index (χ0v) is 15.4. The van der Waals surface area contributed by atoms with Crippen molar-refractivity contribution in [3.8, 4) is 5.75 Å². The van der Waals surface area contributed by atoms with Gasteiger partial charge in [0.25, 0.3) is 0 Å². The van der Waals surface area contributed by atoms with Crippen LogP contribution in [0.4, 0.5) is 0 Å². The minimum atomic E-state index is -0.362. The fraction of sp³-hybridized carbons (Fsp3) is 0.263. The highest BCUT2D eigenvalue weighted by Crippen LogP contribution is 2.32. The average Bonchev–Trinajstić information content (AvgIpc) is 2.64. The van der Waals surface area contributed by atoms with Gasteiger partial charge in [0, 0.05) is 12.7 Å². The number of esters is 1. The van der Waals surface area contributed by atoms with Crippen LogP contribution in [0, 0.1) is 0 Å². The van der Waals surface area contributed by atoms with Crippen molar-refractivity contribution >= 4 is 34.1 Å². The topological polar surface area (TPSA) is 50.8 Å². The smallest absolute Gasteiger partial charge is 0.337 e. The summed E-state index contributed by atoms with van der Waals surface area (Å²) in [6.45, 7) is 1.87. The first-order valence-corrected chi connectivity index (χ1v) is 8.28. The van der Waals surface area contributed by atoms with Crippen LogP contribution in [0.25, 0.3) is 10.8 Å². The number of carbonyl (C=O) groups excluding carboxylic acids is 1. The lowest BCUT2D eigenvalue weighted by Gasteiger charge is -2.35. The molecule has 1 aliphatic heterocycles. The molecule has 25 heavy (non-hydrogen) atoms. The van der Waals surface area contributed by atoms with Gasteiger partial charge in [-0.2, -0.15) is 0 Å². The van der Waals surface area contributed by atoms with Gasteiger partial charge in [-0.05, 0) is 53.7 Å². The highest BCUT2D eigenvalue weighted by Gasteiger charge is 2.33. The lowest BCUT2D eigenvalue weighted by atomic mass is 9.93. The molecule has 0 amide bonds. The van der Waals surface area contributed by atoms with Crippen LogP contribution in [0.1, 0.15) is 18.5 Å². The number of ether oxygens (including phenoxy) is 2. The quantitative estimate of drug-likeness (QED) is 0.673. The molecule has 0 unspecified atom stereocenters. The molecule has 130 valence electrons. The molecular formula is C19H20N2O3S. The van der Waals surface area contributed by atoms with Crippen LogP contribution in [0.3, 0.4) is 0 Å². The third kappa shape index (κ3) is 3.05. The second kappa shape index (κ2) is 6.72. The van der Waals surface area contributed by atoms with Gasteiger partial charge in [0.15, 0.2) is 5.11 Å². The Morgan fingerprint density at radius 3 is 2.52 bits per heavy atom. The molecule has 0 saturated heterocycles. The van der Waals surface area contributed by atoms with Crippen molar-refractivity contribution in [1.29, 1.82) is 0 Å². The van der Waals surface area contributed by atoms with E-state index in [-0.39, 0.29) is 12.0 Å². The summed E-state index contributed by atoms with van der Waals surface area (Å²) in [7, 11) is 4.87. The van der Waals surface area contributed by atoms with Crippen molar-refractivity contribution in [2.45, 2.75) is 13.0 Å². The minimum Gasteiger partial charge on any atom is -0.497 e. The van der Waals surface area contributed by atoms with Gasteiger partial charge in [-0.25, -0.2) is 4.79 Å². The number of allylic oxidation sites excluding steroid dienone is 1. The van der Waals surface area contributed by atoms with E-state index >= 15 is 0 Å². The van der Waals surface area contributed by atoms with Gasteiger partial charge in [0.1, 0.15) is 5.75 Å². The lowest BCUT2D eigenvalue weighted by Crippen LogP contribution is -2.46. The first kappa shape index (κ1) is 17.2. The third-order valence-electron chi connectivity index (χ3n) is 4.56. The number of methoxy groups -OCH3 is 2. The van der Waals surface area contributed by atoms with Crippen molar-refractivity contribution in [1.82, 2.24) is 10.2 Å². The van der Waals surface area contributed by atoms with Crippen LogP contribution in [-0.4, -0.2) is 37.2 Å². The number of thiocarbonyl (C=S) groups is 1. The van der Waals surface area contributed by atoms with Crippen LogP contribution in [0.5, 0.6) is 5.75 Å². The van der Waals surface area contributed by atoms with Gasteiger partial charge in [-0.1, -0.05) is 18.2 Å². The highest BCUT2D eigenvalue weighted by atomic mass is 32.1. The second-order valence-electron chi connectivity index (χ2n) is 5.90. The molecular weight excluding hydrogens is 336 g/mol. The van der Waals surface area contributed by atoms with Gasteiger partial charge in [-0.3, -0.25) is 0 Å². The van der Waals surface area contributed by atoms with E-state index in [2.05, 4.69) is 11.4 Å². The number of nitrogens with one attached hydrogen (secondary N) is 1. The molecule has 1 atom stereocenters. The van der Waals surface area contributed by atoms with E-state index in [0.717, 1.165) is 27.8 Å². The molecule has 0 bridgehead atoms. The van der Waals surface area contributed by atoms with Crippen molar-refractivity contribution in [3.63, 3.8) is 0 Å². The fourth-order valence-corrected chi connectivity index (χ4v) is 3.26. The van der Waals surface area contributed by atoms with Gasteiger partial charge >= 0.3 is 5.97 Å². The predicted molar refractivity (Wildman–Crippen MR) is 101 cm³/mol. The Kier molecular flexibility index (Phi) is 4.63. The Bertz CT molecular complexity index is 891. The molecule has 0 aromatic heterocycles. The minimum absolute atomic E-state index is 0.345. The van der Waals surface area contributed by atoms with Crippen LogP contribution >= 0.6 is 12.2 Å². The van der Waals surface area contributed by atoms with E-state index in [1.165, 1.54) is 7.11 Å². The van der Waals surface area contributed by atoms with Crippen molar-refractivity contribution < 1.29 is 14.3 Å². The number of fused-ring (bicyclic) bond motifs is 1. The van der Waals surface area contributed by atoms with Crippen LogP contribution < -0.4 is 10.1 Å². The zero-order chi connectivity index (χ0) is 18.1. The van der Waals surface area contributed by atoms with E-state index in [1.54, 1.807) is 12.0 Å². The first-order chi connectivity index (χ1) is 12.0.